The van der Waals surface area contributed by atoms with Gasteiger partial charge in [0.1, 0.15) is 5.92 Å². The summed E-state index contributed by atoms with van der Waals surface area (Å²) >= 11 is 7.21. The molecule has 6 nitrogen and oxygen atoms in total. The lowest BCUT2D eigenvalue weighted by molar-refractivity contribution is -0.117. The first-order valence-corrected chi connectivity index (χ1v) is 7.79. The summed E-state index contributed by atoms with van der Waals surface area (Å²) in [5.41, 5.74) is 6.26. The SMILES string of the molecule is COc1cc(C(=O)C2C(=O)N(C(N)=O)c3ccc(Cl)cc32)cs1. The van der Waals surface area contributed by atoms with E-state index < -0.39 is 23.6 Å². The molecule has 0 aliphatic carbocycles. The summed E-state index contributed by atoms with van der Waals surface area (Å²) in [6.07, 6.45) is 0. The van der Waals surface area contributed by atoms with Crippen LogP contribution in [0.3, 0.4) is 0 Å². The Hall–Kier alpha value is -2.38. The Morgan fingerprint density at radius 3 is 2.70 bits per heavy atom. The number of Topliss-reactive ketones (excluding diaryl/α,β-unsaturated/α-hetero) is 1. The van der Waals surface area contributed by atoms with Crippen molar-refractivity contribution in [2.24, 2.45) is 5.73 Å². The Balaban J connectivity index is 2.09. The third-order valence-electron chi connectivity index (χ3n) is 3.55. The van der Waals surface area contributed by atoms with E-state index in [1.807, 2.05) is 0 Å². The van der Waals surface area contributed by atoms with E-state index >= 15 is 0 Å². The Labute approximate surface area is 140 Å². The number of hydrogen-bond donors (Lipinski definition) is 1. The van der Waals surface area contributed by atoms with E-state index in [4.69, 9.17) is 22.1 Å². The van der Waals surface area contributed by atoms with Crippen LogP contribution in [0.2, 0.25) is 5.02 Å². The molecule has 0 radical (unpaired) electrons. The average molecular weight is 351 g/mol. The number of ether oxygens (including phenoxy) is 1. The third kappa shape index (κ3) is 2.47. The summed E-state index contributed by atoms with van der Waals surface area (Å²) in [5, 5.41) is 2.52. The largest absolute Gasteiger partial charge is 0.487 e. The molecule has 0 saturated carbocycles. The molecule has 2 aromatic rings. The van der Waals surface area contributed by atoms with Gasteiger partial charge in [-0.3, -0.25) is 9.59 Å². The van der Waals surface area contributed by atoms with E-state index in [2.05, 4.69) is 0 Å². The van der Waals surface area contributed by atoms with E-state index in [1.54, 1.807) is 11.4 Å². The standard InChI is InChI=1S/C15H11ClN2O4S/c1-22-11-4-7(6-23-11)13(19)12-9-5-8(16)2-3-10(9)18(14(12)20)15(17)21/h2-6,12H,1H3,(H2,17,21). The van der Waals surface area contributed by atoms with Crippen LogP contribution in [0.25, 0.3) is 0 Å². The Morgan fingerprint density at radius 1 is 1.35 bits per heavy atom. The number of carbonyl (C=O) groups excluding carboxylic acids is 3. The number of rotatable bonds is 3. The minimum absolute atomic E-state index is 0.285. The summed E-state index contributed by atoms with van der Waals surface area (Å²) in [6.45, 7) is 0. The van der Waals surface area contributed by atoms with Gasteiger partial charge in [0, 0.05) is 22.0 Å². The van der Waals surface area contributed by atoms with Gasteiger partial charge in [0.15, 0.2) is 10.8 Å². The summed E-state index contributed by atoms with van der Waals surface area (Å²) in [6, 6.07) is 5.16. The van der Waals surface area contributed by atoms with E-state index in [0.29, 0.717) is 21.2 Å². The van der Waals surface area contributed by atoms with Crippen molar-refractivity contribution in [1.82, 2.24) is 0 Å². The van der Waals surface area contributed by atoms with Gasteiger partial charge in [-0.25, -0.2) is 9.69 Å². The fraction of sp³-hybridized carbons (Fsp3) is 0.133. The first-order valence-electron chi connectivity index (χ1n) is 6.53. The summed E-state index contributed by atoms with van der Waals surface area (Å²) in [7, 11) is 1.49. The summed E-state index contributed by atoms with van der Waals surface area (Å²) in [4.78, 5) is 37.7. The van der Waals surface area contributed by atoms with Crippen molar-refractivity contribution in [2.45, 2.75) is 5.92 Å². The number of fused-ring (bicyclic) bond motifs is 1. The molecule has 0 bridgehead atoms. The minimum Gasteiger partial charge on any atom is -0.487 e. The molecule has 8 heteroatoms. The summed E-state index contributed by atoms with van der Waals surface area (Å²) < 4.78 is 5.06. The van der Waals surface area contributed by atoms with Gasteiger partial charge in [-0.2, -0.15) is 0 Å². The van der Waals surface area contributed by atoms with Crippen LogP contribution >= 0.6 is 22.9 Å². The predicted molar refractivity (Wildman–Crippen MR) is 86.5 cm³/mol. The first kappa shape index (κ1) is 15.5. The molecule has 1 unspecified atom stereocenters. The maximum absolute atomic E-state index is 12.7. The number of urea groups is 1. The van der Waals surface area contributed by atoms with Crippen LogP contribution in [0.15, 0.2) is 29.6 Å². The van der Waals surface area contributed by atoms with Crippen molar-refractivity contribution >= 4 is 46.3 Å². The maximum Gasteiger partial charge on any atom is 0.326 e. The Morgan fingerprint density at radius 2 is 2.09 bits per heavy atom. The molecule has 3 rings (SSSR count). The number of methoxy groups -OCH3 is 1. The number of anilines is 1. The number of nitrogens with zero attached hydrogens (tertiary/aromatic N) is 1. The molecule has 118 valence electrons. The van der Waals surface area contributed by atoms with E-state index in [-0.39, 0.29) is 5.69 Å². The van der Waals surface area contributed by atoms with E-state index in [9.17, 15) is 14.4 Å². The molecule has 1 atom stereocenters. The molecular formula is C15H11ClN2O4S. The number of imide groups is 1. The predicted octanol–water partition coefficient (Wildman–Crippen LogP) is 2.80. The van der Waals surface area contributed by atoms with Crippen molar-refractivity contribution in [3.05, 3.63) is 45.8 Å². The molecule has 0 saturated heterocycles. The highest BCUT2D eigenvalue weighted by Gasteiger charge is 2.44. The van der Waals surface area contributed by atoms with Gasteiger partial charge in [-0.05, 0) is 23.8 Å². The van der Waals surface area contributed by atoms with Crippen LogP contribution in [0.5, 0.6) is 5.06 Å². The van der Waals surface area contributed by atoms with Gasteiger partial charge in [-0.15, -0.1) is 11.3 Å². The number of benzene rings is 1. The van der Waals surface area contributed by atoms with Crippen molar-refractivity contribution < 1.29 is 19.1 Å². The van der Waals surface area contributed by atoms with Gasteiger partial charge in [0.25, 0.3) is 5.91 Å². The van der Waals surface area contributed by atoms with Crippen LogP contribution < -0.4 is 15.4 Å². The lowest BCUT2D eigenvalue weighted by Gasteiger charge is -2.12. The highest BCUT2D eigenvalue weighted by atomic mass is 35.5. The fourth-order valence-corrected chi connectivity index (χ4v) is 3.44. The van der Waals surface area contributed by atoms with Crippen molar-refractivity contribution in [3.8, 4) is 5.06 Å². The number of amides is 3. The molecule has 2 N–H and O–H groups in total. The third-order valence-corrected chi connectivity index (χ3v) is 4.68. The highest BCUT2D eigenvalue weighted by molar-refractivity contribution is 7.12. The molecule has 1 aliphatic rings. The molecule has 1 aliphatic heterocycles. The molecule has 0 spiro atoms. The second-order valence-electron chi connectivity index (χ2n) is 4.87. The molecule has 0 fully saturated rings. The number of ketones is 1. The Bertz CT molecular complexity index is 833. The monoisotopic (exact) mass is 350 g/mol. The maximum atomic E-state index is 12.7. The zero-order chi connectivity index (χ0) is 16.7. The van der Waals surface area contributed by atoms with Crippen molar-refractivity contribution in [2.75, 3.05) is 12.0 Å². The smallest absolute Gasteiger partial charge is 0.326 e. The number of thiophene rings is 1. The number of hydrogen-bond acceptors (Lipinski definition) is 5. The van der Waals surface area contributed by atoms with Gasteiger partial charge in [-0.1, -0.05) is 11.6 Å². The molecule has 1 aromatic carbocycles. The molecule has 1 aromatic heterocycles. The lowest BCUT2D eigenvalue weighted by Crippen LogP contribution is -2.40. The number of halogens is 1. The quantitative estimate of drug-likeness (QED) is 0.680. The molecule has 2 heterocycles. The van der Waals surface area contributed by atoms with Crippen LogP contribution in [0.1, 0.15) is 21.8 Å². The van der Waals surface area contributed by atoms with Gasteiger partial charge in [0.2, 0.25) is 0 Å². The highest BCUT2D eigenvalue weighted by Crippen LogP contribution is 2.41. The van der Waals surface area contributed by atoms with Gasteiger partial charge in [0.05, 0.1) is 12.8 Å². The normalized spacial score (nSPS) is 16.3. The van der Waals surface area contributed by atoms with E-state index in [0.717, 1.165) is 4.90 Å². The van der Waals surface area contributed by atoms with Gasteiger partial charge < -0.3 is 10.5 Å². The van der Waals surface area contributed by atoms with Crippen molar-refractivity contribution in [1.29, 1.82) is 0 Å². The molecule has 3 amide bonds. The minimum atomic E-state index is -1.14. The zero-order valence-corrected chi connectivity index (χ0v) is 13.5. The van der Waals surface area contributed by atoms with Crippen LogP contribution in [-0.4, -0.2) is 24.8 Å². The molecule has 23 heavy (non-hydrogen) atoms. The number of primary amides is 1. The number of nitrogens with two attached hydrogens (primary N) is 1. The second-order valence-corrected chi connectivity index (χ2v) is 6.18. The average Bonchev–Trinajstić information content (AvgIpc) is 3.08. The van der Waals surface area contributed by atoms with Gasteiger partial charge >= 0.3 is 6.03 Å². The van der Waals surface area contributed by atoms with Crippen LogP contribution in [0.4, 0.5) is 10.5 Å². The number of carbonyl (C=O) groups is 3. The summed E-state index contributed by atoms with van der Waals surface area (Å²) in [5.74, 6) is -2.25. The Kier molecular flexibility index (Phi) is 3.83. The van der Waals surface area contributed by atoms with Crippen LogP contribution in [-0.2, 0) is 4.79 Å². The molecular weight excluding hydrogens is 340 g/mol. The second kappa shape index (κ2) is 5.68. The van der Waals surface area contributed by atoms with E-state index in [1.165, 1.54) is 36.6 Å². The topological polar surface area (TPSA) is 89.7 Å². The first-order chi connectivity index (χ1) is 10.9. The zero-order valence-electron chi connectivity index (χ0n) is 11.9. The van der Waals surface area contributed by atoms with Crippen LogP contribution in [0, 0.1) is 0 Å². The fourth-order valence-electron chi connectivity index (χ4n) is 2.54. The van der Waals surface area contributed by atoms with Crippen molar-refractivity contribution in [3.63, 3.8) is 0 Å². The lowest BCUT2D eigenvalue weighted by atomic mass is 9.93.